The van der Waals surface area contributed by atoms with Gasteiger partial charge in [0, 0.05) is 23.3 Å². The maximum atomic E-state index is 13.0. The average Bonchev–Trinajstić information content (AvgIpc) is 2.61. The van der Waals surface area contributed by atoms with Crippen LogP contribution in [-0.2, 0) is 6.42 Å². The number of aliphatic hydroxyl groups excluding tert-OH is 1. The van der Waals surface area contributed by atoms with Gasteiger partial charge in [-0.05, 0) is 19.4 Å². The number of hydrogen-bond acceptors (Lipinski definition) is 7. The highest BCUT2D eigenvalue weighted by Crippen LogP contribution is 2.45. The zero-order chi connectivity index (χ0) is 19.7. The van der Waals surface area contributed by atoms with Gasteiger partial charge in [-0.15, -0.1) is 0 Å². The first-order valence-electron chi connectivity index (χ1n) is 8.36. The van der Waals surface area contributed by atoms with Crippen LogP contribution in [0.25, 0.3) is 0 Å². The van der Waals surface area contributed by atoms with Crippen molar-refractivity contribution in [3.05, 3.63) is 52.6 Å². The van der Waals surface area contributed by atoms with Crippen molar-refractivity contribution in [3.8, 4) is 28.7 Å². The van der Waals surface area contributed by atoms with Crippen molar-refractivity contribution in [2.45, 2.75) is 19.3 Å². The molecule has 0 amide bonds. The summed E-state index contributed by atoms with van der Waals surface area (Å²) in [5.74, 6) is -2.25. The summed E-state index contributed by atoms with van der Waals surface area (Å²) in [5, 5.41) is 49.0. The fourth-order valence-electron chi connectivity index (χ4n) is 3.08. The molecule has 0 aliphatic carbocycles. The largest absolute Gasteiger partial charge is 0.508 e. The van der Waals surface area contributed by atoms with E-state index in [1.807, 2.05) is 0 Å². The number of phenolic OH excluding ortho intramolecular Hbond substituents is 4. The van der Waals surface area contributed by atoms with Gasteiger partial charge < -0.3 is 30.3 Å². The number of ether oxygens (including phenoxy) is 1. The van der Waals surface area contributed by atoms with Crippen LogP contribution in [0, 0.1) is 0 Å². The van der Waals surface area contributed by atoms with Gasteiger partial charge in [-0.1, -0.05) is 17.7 Å². The highest BCUT2D eigenvalue weighted by atomic mass is 16.5. The molecule has 7 heteroatoms. The lowest BCUT2D eigenvalue weighted by Gasteiger charge is -2.27. The molecule has 1 aliphatic rings. The Morgan fingerprint density at radius 1 is 1.15 bits per heavy atom. The van der Waals surface area contributed by atoms with Crippen molar-refractivity contribution >= 4 is 5.78 Å². The minimum absolute atomic E-state index is 0.0680. The molecule has 0 saturated carbocycles. The minimum Gasteiger partial charge on any atom is -0.508 e. The number of allylic oxidation sites excluding steroid dienone is 1. The molecule has 2 aromatic carbocycles. The van der Waals surface area contributed by atoms with Crippen LogP contribution < -0.4 is 4.74 Å². The normalized spacial score (nSPS) is 16.7. The first kappa shape index (κ1) is 18.6. The standard InChI is InChI=1S/C20H20O7/c1-10(8-21)2-4-13-16(24)7-17(25)18-19(26)14(9-27-20(13)18)12-5-3-11(22)6-15(12)23/h2-3,5-7,14,21-25H,4,8-9H2,1H3/t14-/m1/s1. The van der Waals surface area contributed by atoms with E-state index in [4.69, 9.17) is 9.84 Å². The third kappa shape index (κ3) is 3.41. The number of aliphatic hydroxyl groups is 1. The number of ketones is 1. The number of aromatic hydroxyl groups is 4. The van der Waals surface area contributed by atoms with Crippen LogP contribution in [0.15, 0.2) is 35.9 Å². The van der Waals surface area contributed by atoms with Crippen LogP contribution in [0.5, 0.6) is 28.7 Å². The molecule has 27 heavy (non-hydrogen) atoms. The molecular weight excluding hydrogens is 352 g/mol. The van der Waals surface area contributed by atoms with Gasteiger partial charge in [-0.2, -0.15) is 0 Å². The fraction of sp³-hybridized carbons (Fsp3) is 0.250. The van der Waals surface area contributed by atoms with E-state index in [0.717, 1.165) is 12.1 Å². The third-order valence-corrected chi connectivity index (χ3v) is 4.59. The maximum Gasteiger partial charge on any atom is 0.181 e. The van der Waals surface area contributed by atoms with Crippen LogP contribution in [0.3, 0.4) is 0 Å². The number of phenols is 4. The maximum absolute atomic E-state index is 13.0. The molecular formula is C20H20O7. The average molecular weight is 372 g/mol. The Morgan fingerprint density at radius 2 is 1.89 bits per heavy atom. The number of Topliss-reactive ketones (excluding diaryl/α,β-unsaturated/α-hetero) is 1. The topological polar surface area (TPSA) is 127 Å². The molecule has 0 saturated heterocycles. The second-order valence-electron chi connectivity index (χ2n) is 6.48. The van der Waals surface area contributed by atoms with Gasteiger partial charge in [-0.3, -0.25) is 4.79 Å². The summed E-state index contributed by atoms with van der Waals surface area (Å²) in [6.07, 6.45) is 1.90. The van der Waals surface area contributed by atoms with Crippen molar-refractivity contribution in [1.29, 1.82) is 0 Å². The molecule has 142 valence electrons. The van der Waals surface area contributed by atoms with Crippen molar-refractivity contribution < 1.29 is 35.1 Å². The second-order valence-corrected chi connectivity index (χ2v) is 6.48. The summed E-state index contributed by atoms with van der Waals surface area (Å²) in [6.45, 7) is 1.49. The molecule has 2 aromatic rings. The lowest BCUT2D eigenvalue weighted by molar-refractivity contribution is 0.0888. The Morgan fingerprint density at radius 3 is 2.56 bits per heavy atom. The Bertz CT molecular complexity index is 930. The van der Waals surface area contributed by atoms with Gasteiger partial charge in [0.25, 0.3) is 0 Å². The van der Waals surface area contributed by atoms with Crippen molar-refractivity contribution in [1.82, 2.24) is 0 Å². The zero-order valence-electron chi connectivity index (χ0n) is 14.6. The van der Waals surface area contributed by atoms with Crippen LogP contribution in [-0.4, -0.2) is 44.5 Å². The van der Waals surface area contributed by atoms with Gasteiger partial charge in [0.15, 0.2) is 5.78 Å². The summed E-state index contributed by atoms with van der Waals surface area (Å²) < 4.78 is 5.70. The van der Waals surface area contributed by atoms with Gasteiger partial charge in [0.1, 0.15) is 40.9 Å². The van der Waals surface area contributed by atoms with E-state index in [-0.39, 0.29) is 53.8 Å². The number of carbonyl (C=O) groups is 1. The number of rotatable bonds is 4. The number of fused-ring (bicyclic) bond motifs is 1. The first-order chi connectivity index (χ1) is 12.8. The van der Waals surface area contributed by atoms with Crippen molar-refractivity contribution in [2.24, 2.45) is 0 Å². The predicted molar refractivity (Wildman–Crippen MR) is 96.7 cm³/mol. The molecule has 0 aromatic heterocycles. The van der Waals surface area contributed by atoms with E-state index in [1.54, 1.807) is 13.0 Å². The van der Waals surface area contributed by atoms with Crippen molar-refractivity contribution in [2.75, 3.05) is 13.2 Å². The summed E-state index contributed by atoms with van der Waals surface area (Å²) in [4.78, 5) is 13.0. The van der Waals surface area contributed by atoms with Crippen LogP contribution in [0.4, 0.5) is 0 Å². The molecule has 1 heterocycles. The molecule has 0 unspecified atom stereocenters. The number of benzene rings is 2. The van der Waals surface area contributed by atoms with Crippen LogP contribution in [0.2, 0.25) is 0 Å². The van der Waals surface area contributed by atoms with E-state index in [2.05, 4.69) is 0 Å². The summed E-state index contributed by atoms with van der Waals surface area (Å²) in [5.41, 5.74) is 1.22. The summed E-state index contributed by atoms with van der Waals surface area (Å²) in [7, 11) is 0. The SMILES string of the molecule is CC(=CCc1c(O)cc(O)c2c1OC[C@H](c1ccc(O)cc1O)C2=O)CO. The molecule has 1 aliphatic heterocycles. The molecule has 0 bridgehead atoms. The van der Waals surface area contributed by atoms with Crippen LogP contribution >= 0.6 is 0 Å². The zero-order valence-corrected chi connectivity index (χ0v) is 14.6. The van der Waals surface area contributed by atoms with Crippen molar-refractivity contribution in [3.63, 3.8) is 0 Å². The molecule has 7 nitrogen and oxygen atoms in total. The Balaban J connectivity index is 2.05. The third-order valence-electron chi connectivity index (χ3n) is 4.59. The molecule has 0 fully saturated rings. The van der Waals surface area contributed by atoms with Gasteiger partial charge in [0.2, 0.25) is 0 Å². The Hall–Kier alpha value is -3.19. The number of hydrogen-bond donors (Lipinski definition) is 5. The fourth-order valence-corrected chi connectivity index (χ4v) is 3.08. The molecule has 3 rings (SSSR count). The highest BCUT2D eigenvalue weighted by Gasteiger charge is 2.36. The quantitative estimate of drug-likeness (QED) is 0.521. The molecule has 5 N–H and O–H groups in total. The van der Waals surface area contributed by atoms with Gasteiger partial charge >= 0.3 is 0 Å². The lowest BCUT2D eigenvalue weighted by atomic mass is 9.86. The Labute approximate surface area is 155 Å². The van der Waals surface area contributed by atoms with Gasteiger partial charge in [0.05, 0.1) is 12.5 Å². The summed E-state index contributed by atoms with van der Waals surface area (Å²) >= 11 is 0. The van der Waals surface area contributed by atoms with E-state index in [1.165, 1.54) is 12.1 Å². The van der Waals surface area contributed by atoms with E-state index in [9.17, 15) is 25.2 Å². The van der Waals surface area contributed by atoms with E-state index >= 15 is 0 Å². The molecule has 0 spiro atoms. The second kappa shape index (κ2) is 7.20. The molecule has 0 radical (unpaired) electrons. The smallest absolute Gasteiger partial charge is 0.181 e. The Kier molecular flexibility index (Phi) is 4.96. The monoisotopic (exact) mass is 372 g/mol. The van der Waals surface area contributed by atoms with E-state index in [0.29, 0.717) is 11.1 Å². The molecule has 1 atom stereocenters. The summed E-state index contributed by atoms with van der Waals surface area (Å²) in [6, 6.07) is 4.98. The first-order valence-corrected chi connectivity index (χ1v) is 8.36. The van der Waals surface area contributed by atoms with E-state index < -0.39 is 17.5 Å². The van der Waals surface area contributed by atoms with Gasteiger partial charge in [-0.25, -0.2) is 0 Å². The highest BCUT2D eigenvalue weighted by molar-refractivity contribution is 6.07. The van der Waals surface area contributed by atoms with Crippen LogP contribution in [0.1, 0.15) is 34.3 Å². The lowest BCUT2D eigenvalue weighted by Crippen LogP contribution is -2.27. The number of carbonyl (C=O) groups excluding carboxylic acids is 1. The minimum atomic E-state index is -0.865. The predicted octanol–water partition coefficient (Wildman–Crippen LogP) is 2.35.